The molecule has 0 atom stereocenters. The van der Waals surface area contributed by atoms with E-state index >= 15 is 0 Å². The highest BCUT2D eigenvalue weighted by atomic mass is 32.2. The summed E-state index contributed by atoms with van der Waals surface area (Å²) in [7, 11) is 0. The van der Waals surface area contributed by atoms with Crippen LogP contribution in [0.25, 0.3) is 0 Å². The second-order valence-corrected chi connectivity index (χ2v) is 6.84. The molecule has 0 bridgehead atoms. The molecule has 3 aromatic rings. The van der Waals surface area contributed by atoms with Gasteiger partial charge in [-0.15, -0.1) is 0 Å². The van der Waals surface area contributed by atoms with Crippen molar-refractivity contribution in [3.05, 3.63) is 77.7 Å². The number of hydrogen-bond acceptors (Lipinski definition) is 4. The van der Waals surface area contributed by atoms with E-state index in [1.54, 1.807) is 6.07 Å². The molecule has 0 unspecified atom stereocenters. The quantitative estimate of drug-likeness (QED) is 0.412. The van der Waals surface area contributed by atoms with Crippen molar-refractivity contribution in [2.75, 3.05) is 0 Å². The molecule has 0 N–H and O–H groups in total. The molecule has 0 aliphatic carbocycles. The Morgan fingerprint density at radius 1 is 1.00 bits per heavy atom. The van der Waals surface area contributed by atoms with E-state index < -0.39 is 0 Å². The Kier molecular flexibility index (Phi) is 5.66. The van der Waals surface area contributed by atoms with Crippen LogP contribution in [0.4, 0.5) is 4.39 Å². The molecular weight excluding hydrogens is 335 g/mol. The highest BCUT2D eigenvalue weighted by molar-refractivity contribution is 7.98. The molecule has 0 spiro atoms. The zero-order valence-electron chi connectivity index (χ0n) is 14.1. The van der Waals surface area contributed by atoms with Crippen LogP contribution in [0.5, 0.6) is 11.6 Å². The van der Waals surface area contributed by atoms with Crippen molar-refractivity contribution in [3.63, 3.8) is 0 Å². The molecule has 0 fully saturated rings. The van der Waals surface area contributed by atoms with E-state index in [-0.39, 0.29) is 11.7 Å². The number of ether oxygens (including phenoxy) is 1. The Labute approximate surface area is 151 Å². The third-order valence-electron chi connectivity index (χ3n) is 3.52. The van der Waals surface area contributed by atoms with Gasteiger partial charge < -0.3 is 4.74 Å². The molecule has 5 heteroatoms. The minimum Gasteiger partial charge on any atom is -0.439 e. The van der Waals surface area contributed by atoms with Crippen molar-refractivity contribution in [1.82, 2.24) is 9.97 Å². The predicted octanol–water partition coefficient (Wildman–Crippen LogP) is 5.82. The Hall–Kier alpha value is -2.40. The van der Waals surface area contributed by atoms with Crippen molar-refractivity contribution in [1.29, 1.82) is 0 Å². The van der Waals surface area contributed by atoms with E-state index in [9.17, 15) is 4.39 Å². The van der Waals surface area contributed by atoms with Gasteiger partial charge in [0.05, 0.1) is 5.69 Å². The Morgan fingerprint density at radius 3 is 2.52 bits per heavy atom. The lowest BCUT2D eigenvalue weighted by Gasteiger charge is -2.11. The smallest absolute Gasteiger partial charge is 0.223 e. The average Bonchev–Trinajstić information content (AvgIpc) is 2.61. The van der Waals surface area contributed by atoms with Crippen LogP contribution in [0, 0.1) is 5.82 Å². The predicted molar refractivity (Wildman–Crippen MR) is 98.6 cm³/mol. The van der Waals surface area contributed by atoms with E-state index in [0.29, 0.717) is 16.8 Å². The van der Waals surface area contributed by atoms with E-state index in [1.165, 1.54) is 23.9 Å². The molecule has 0 saturated carbocycles. The van der Waals surface area contributed by atoms with E-state index in [0.717, 1.165) is 17.0 Å². The number of benzene rings is 2. The molecule has 1 aromatic heterocycles. The van der Waals surface area contributed by atoms with E-state index in [1.807, 2.05) is 42.5 Å². The SMILES string of the molecule is CC(C)c1cc(Oc2ccccc2)nc(SCc2cccc(F)c2)n1. The number of rotatable bonds is 6. The third-order valence-corrected chi connectivity index (χ3v) is 4.43. The minimum absolute atomic E-state index is 0.233. The first-order valence-corrected chi connectivity index (χ1v) is 9.08. The molecule has 0 aliphatic rings. The molecule has 1 heterocycles. The van der Waals surface area contributed by atoms with Gasteiger partial charge in [0.25, 0.3) is 0 Å². The van der Waals surface area contributed by atoms with Crippen LogP contribution in [0.3, 0.4) is 0 Å². The first-order chi connectivity index (χ1) is 12.1. The van der Waals surface area contributed by atoms with Crippen molar-refractivity contribution < 1.29 is 9.13 Å². The van der Waals surface area contributed by atoms with Gasteiger partial charge in [-0.05, 0) is 35.7 Å². The largest absolute Gasteiger partial charge is 0.439 e. The summed E-state index contributed by atoms with van der Waals surface area (Å²) in [6.07, 6.45) is 0. The summed E-state index contributed by atoms with van der Waals surface area (Å²) in [5, 5.41) is 0.626. The maximum Gasteiger partial charge on any atom is 0.223 e. The van der Waals surface area contributed by atoms with Crippen molar-refractivity contribution in [2.45, 2.75) is 30.7 Å². The average molecular weight is 354 g/mol. The lowest BCUT2D eigenvalue weighted by Crippen LogP contribution is -1.99. The zero-order valence-corrected chi connectivity index (χ0v) is 15.0. The number of nitrogens with zero attached hydrogens (tertiary/aromatic N) is 2. The van der Waals surface area contributed by atoms with Gasteiger partial charge in [-0.3, -0.25) is 0 Å². The topological polar surface area (TPSA) is 35.0 Å². The summed E-state index contributed by atoms with van der Waals surface area (Å²) in [6, 6.07) is 18.0. The van der Waals surface area contributed by atoms with Crippen molar-refractivity contribution in [3.8, 4) is 11.6 Å². The first-order valence-electron chi connectivity index (χ1n) is 8.09. The van der Waals surface area contributed by atoms with Crippen LogP contribution in [0.15, 0.2) is 65.8 Å². The lowest BCUT2D eigenvalue weighted by molar-refractivity contribution is 0.453. The number of thioether (sulfide) groups is 1. The standard InChI is InChI=1S/C20H19FN2OS/c1-14(2)18-12-19(24-17-9-4-3-5-10-17)23-20(22-18)25-13-15-7-6-8-16(21)11-15/h3-12,14H,13H2,1-2H3. The molecule has 0 aliphatic heterocycles. The second kappa shape index (κ2) is 8.12. The van der Waals surface area contributed by atoms with Crippen molar-refractivity contribution >= 4 is 11.8 Å². The molecule has 2 aromatic carbocycles. The number of para-hydroxylation sites is 1. The van der Waals surface area contributed by atoms with Crippen LogP contribution in [0.1, 0.15) is 31.0 Å². The molecule has 0 radical (unpaired) electrons. The lowest BCUT2D eigenvalue weighted by atomic mass is 10.1. The summed E-state index contributed by atoms with van der Waals surface area (Å²) < 4.78 is 19.2. The minimum atomic E-state index is -0.233. The fourth-order valence-corrected chi connectivity index (χ4v) is 3.02. The monoisotopic (exact) mass is 354 g/mol. The number of aromatic nitrogens is 2. The van der Waals surface area contributed by atoms with Gasteiger partial charge in [-0.2, -0.15) is 4.98 Å². The van der Waals surface area contributed by atoms with Crippen LogP contribution < -0.4 is 4.74 Å². The highest BCUT2D eigenvalue weighted by Crippen LogP contribution is 2.27. The summed E-state index contributed by atoms with van der Waals surface area (Å²) in [5.74, 6) is 1.88. The Morgan fingerprint density at radius 2 is 1.80 bits per heavy atom. The summed E-state index contributed by atoms with van der Waals surface area (Å²) >= 11 is 1.47. The molecular formula is C20H19FN2OS. The molecule has 0 saturated heterocycles. The van der Waals surface area contributed by atoms with Crippen LogP contribution >= 0.6 is 11.8 Å². The van der Waals surface area contributed by atoms with Gasteiger partial charge in [-0.1, -0.05) is 55.9 Å². The summed E-state index contributed by atoms with van der Waals surface area (Å²) in [5.41, 5.74) is 1.82. The van der Waals surface area contributed by atoms with Crippen LogP contribution in [0.2, 0.25) is 0 Å². The number of hydrogen-bond donors (Lipinski definition) is 0. The normalized spacial score (nSPS) is 10.9. The van der Waals surface area contributed by atoms with Gasteiger partial charge in [0.1, 0.15) is 11.6 Å². The number of halogens is 1. The van der Waals surface area contributed by atoms with Crippen LogP contribution in [-0.4, -0.2) is 9.97 Å². The second-order valence-electron chi connectivity index (χ2n) is 5.90. The highest BCUT2D eigenvalue weighted by Gasteiger charge is 2.10. The van der Waals surface area contributed by atoms with Crippen LogP contribution in [-0.2, 0) is 5.75 Å². The van der Waals surface area contributed by atoms with E-state index in [2.05, 4.69) is 23.8 Å². The van der Waals surface area contributed by atoms with Gasteiger partial charge in [-0.25, -0.2) is 9.37 Å². The maximum absolute atomic E-state index is 13.3. The Balaban J connectivity index is 1.80. The van der Waals surface area contributed by atoms with Gasteiger partial charge in [0.2, 0.25) is 5.88 Å². The molecule has 0 amide bonds. The summed E-state index contributed by atoms with van der Waals surface area (Å²) in [6.45, 7) is 4.16. The maximum atomic E-state index is 13.3. The molecule has 25 heavy (non-hydrogen) atoms. The van der Waals surface area contributed by atoms with Gasteiger partial charge >= 0.3 is 0 Å². The fourth-order valence-electron chi connectivity index (χ4n) is 2.22. The summed E-state index contributed by atoms with van der Waals surface area (Å²) in [4.78, 5) is 9.07. The third kappa shape index (κ3) is 5.03. The van der Waals surface area contributed by atoms with E-state index in [4.69, 9.17) is 4.74 Å². The fraction of sp³-hybridized carbons (Fsp3) is 0.200. The first kappa shape index (κ1) is 17.4. The van der Waals surface area contributed by atoms with Gasteiger partial charge in [0.15, 0.2) is 5.16 Å². The molecule has 3 rings (SSSR count). The van der Waals surface area contributed by atoms with Crippen molar-refractivity contribution in [2.24, 2.45) is 0 Å². The Bertz CT molecular complexity index is 840. The molecule has 128 valence electrons. The zero-order chi connectivity index (χ0) is 17.6. The van der Waals surface area contributed by atoms with Gasteiger partial charge in [0, 0.05) is 11.8 Å². The molecule has 3 nitrogen and oxygen atoms in total.